The summed E-state index contributed by atoms with van der Waals surface area (Å²) in [5.74, 6) is 0.654. The molecule has 0 radical (unpaired) electrons. The summed E-state index contributed by atoms with van der Waals surface area (Å²) in [4.78, 5) is 13.6. The van der Waals surface area contributed by atoms with Crippen LogP contribution >= 0.6 is 0 Å². The average Bonchev–Trinajstić information content (AvgIpc) is 2.48. The largest absolute Gasteiger partial charge is 0.415 e. The van der Waals surface area contributed by atoms with Crippen LogP contribution in [0.15, 0.2) is 30.3 Å². The zero-order valence-corrected chi connectivity index (χ0v) is 13.5. The number of carbonyl (C=O) groups is 1. The van der Waals surface area contributed by atoms with Crippen molar-refractivity contribution in [1.29, 1.82) is 0 Å². The molecule has 22 heavy (non-hydrogen) atoms. The number of benzene rings is 1. The lowest BCUT2D eigenvalue weighted by Crippen LogP contribution is -2.47. The van der Waals surface area contributed by atoms with Gasteiger partial charge < -0.3 is 9.64 Å². The van der Waals surface area contributed by atoms with Crippen LogP contribution < -0.4 is 9.46 Å². The number of rotatable bonds is 5. The van der Waals surface area contributed by atoms with Gasteiger partial charge in [0, 0.05) is 19.1 Å². The number of hydrogen-bond acceptors (Lipinski definition) is 4. The minimum atomic E-state index is -3.20. The molecule has 1 heterocycles. The molecule has 1 aromatic carbocycles. The van der Waals surface area contributed by atoms with E-state index in [1.165, 1.54) is 0 Å². The maximum Gasteiger partial charge on any atom is 0.415 e. The molecule has 6 nitrogen and oxygen atoms in total. The zero-order chi connectivity index (χ0) is 16.0. The molecule has 0 saturated carbocycles. The molecule has 0 spiro atoms. The van der Waals surface area contributed by atoms with Gasteiger partial charge in [-0.05, 0) is 31.4 Å². The van der Waals surface area contributed by atoms with Gasteiger partial charge in [0.1, 0.15) is 5.75 Å². The van der Waals surface area contributed by atoms with Crippen molar-refractivity contribution in [2.75, 3.05) is 18.8 Å². The monoisotopic (exact) mass is 326 g/mol. The molecule has 1 aromatic rings. The first-order valence-corrected chi connectivity index (χ1v) is 9.17. The Morgan fingerprint density at radius 1 is 1.27 bits per heavy atom. The van der Waals surface area contributed by atoms with Crippen LogP contribution in [0.3, 0.4) is 0 Å². The Bertz CT molecular complexity index is 581. The highest BCUT2D eigenvalue weighted by atomic mass is 32.2. The number of hydrogen-bond donors (Lipinski definition) is 1. The number of likely N-dealkylation sites (tertiary alicyclic amines) is 1. The molecule has 1 aliphatic heterocycles. The van der Waals surface area contributed by atoms with Crippen molar-refractivity contribution in [2.24, 2.45) is 0 Å². The number of nitrogens with one attached hydrogen (secondary N) is 1. The fourth-order valence-electron chi connectivity index (χ4n) is 2.42. The molecule has 122 valence electrons. The maximum absolute atomic E-state index is 12.0. The Kier molecular flexibility index (Phi) is 5.79. The predicted molar refractivity (Wildman–Crippen MR) is 84.3 cm³/mol. The van der Waals surface area contributed by atoms with Crippen molar-refractivity contribution in [3.05, 3.63) is 30.3 Å². The first-order valence-electron chi connectivity index (χ1n) is 7.52. The van der Waals surface area contributed by atoms with E-state index in [9.17, 15) is 13.2 Å². The van der Waals surface area contributed by atoms with E-state index in [0.717, 1.165) is 0 Å². The quantitative estimate of drug-likeness (QED) is 0.898. The third-order valence-corrected chi connectivity index (χ3v) is 5.16. The molecule has 1 aliphatic rings. The van der Waals surface area contributed by atoms with Crippen molar-refractivity contribution < 1.29 is 17.9 Å². The molecular weight excluding hydrogens is 304 g/mol. The first-order chi connectivity index (χ1) is 10.5. The van der Waals surface area contributed by atoms with Crippen LogP contribution in [0.2, 0.25) is 0 Å². The van der Waals surface area contributed by atoms with Crippen LogP contribution in [-0.4, -0.2) is 44.3 Å². The van der Waals surface area contributed by atoms with E-state index in [-0.39, 0.29) is 17.9 Å². The van der Waals surface area contributed by atoms with E-state index in [4.69, 9.17) is 4.74 Å². The van der Waals surface area contributed by atoms with Crippen LogP contribution in [0.25, 0.3) is 0 Å². The van der Waals surface area contributed by atoms with Crippen LogP contribution in [-0.2, 0) is 10.0 Å². The van der Waals surface area contributed by atoms with Gasteiger partial charge in [-0.1, -0.05) is 25.1 Å². The van der Waals surface area contributed by atoms with Gasteiger partial charge in [0.05, 0.1) is 5.75 Å². The molecule has 7 heteroatoms. The number of piperidine rings is 1. The van der Waals surface area contributed by atoms with E-state index in [1.807, 2.05) is 13.0 Å². The minimum Gasteiger partial charge on any atom is -0.410 e. The van der Waals surface area contributed by atoms with E-state index >= 15 is 0 Å². The Morgan fingerprint density at radius 3 is 2.50 bits per heavy atom. The molecule has 1 amide bonds. The topological polar surface area (TPSA) is 75.7 Å². The summed E-state index contributed by atoms with van der Waals surface area (Å²) in [6, 6.07) is 8.81. The van der Waals surface area contributed by atoms with Gasteiger partial charge in [-0.25, -0.2) is 17.9 Å². The smallest absolute Gasteiger partial charge is 0.410 e. The van der Waals surface area contributed by atoms with Gasteiger partial charge >= 0.3 is 6.09 Å². The maximum atomic E-state index is 12.0. The third kappa shape index (κ3) is 4.99. The Balaban J connectivity index is 1.80. The minimum absolute atomic E-state index is 0.0997. The number of carbonyl (C=O) groups excluding carboxylic acids is 1. The standard InChI is InChI=1S/C15H22N2O4S/c1-2-12-22(19,20)16-13-8-10-17(11-9-13)15(18)21-14-6-4-3-5-7-14/h3-7,13,16H,2,8-12H2,1H3. The van der Waals surface area contributed by atoms with Gasteiger partial charge in [0.2, 0.25) is 10.0 Å². The predicted octanol–water partition coefficient (Wildman–Crippen LogP) is 1.98. The van der Waals surface area contributed by atoms with E-state index in [0.29, 0.717) is 38.1 Å². The molecule has 0 aromatic heterocycles. The molecule has 0 bridgehead atoms. The molecule has 1 fully saturated rings. The van der Waals surface area contributed by atoms with Crippen molar-refractivity contribution in [1.82, 2.24) is 9.62 Å². The molecule has 0 aliphatic carbocycles. The lowest BCUT2D eigenvalue weighted by atomic mass is 10.1. The summed E-state index contributed by atoms with van der Waals surface area (Å²) in [6.07, 6.45) is 1.41. The Morgan fingerprint density at radius 2 is 1.91 bits per heavy atom. The summed E-state index contributed by atoms with van der Waals surface area (Å²) in [6.45, 7) is 2.82. The Labute approximate surface area is 131 Å². The highest BCUT2D eigenvalue weighted by molar-refractivity contribution is 7.89. The summed E-state index contributed by atoms with van der Waals surface area (Å²) < 4.78 is 31.5. The second-order valence-electron chi connectivity index (χ2n) is 5.38. The van der Waals surface area contributed by atoms with Gasteiger partial charge in [-0.15, -0.1) is 0 Å². The molecule has 0 atom stereocenters. The summed E-state index contributed by atoms with van der Waals surface area (Å²) in [7, 11) is -3.20. The van der Waals surface area contributed by atoms with Crippen molar-refractivity contribution in [3.63, 3.8) is 0 Å². The molecule has 1 N–H and O–H groups in total. The van der Waals surface area contributed by atoms with E-state index < -0.39 is 10.0 Å². The number of para-hydroxylation sites is 1. The van der Waals surface area contributed by atoms with Crippen LogP contribution in [0.5, 0.6) is 5.75 Å². The number of sulfonamides is 1. The average molecular weight is 326 g/mol. The fraction of sp³-hybridized carbons (Fsp3) is 0.533. The lowest BCUT2D eigenvalue weighted by Gasteiger charge is -2.31. The van der Waals surface area contributed by atoms with Gasteiger partial charge in [0.15, 0.2) is 0 Å². The number of nitrogens with zero attached hydrogens (tertiary/aromatic N) is 1. The first kappa shape index (κ1) is 16.8. The number of ether oxygens (including phenoxy) is 1. The SMILES string of the molecule is CCCS(=O)(=O)NC1CCN(C(=O)Oc2ccccc2)CC1. The second kappa shape index (κ2) is 7.60. The molecule has 2 rings (SSSR count). The van der Waals surface area contributed by atoms with Gasteiger partial charge in [-0.3, -0.25) is 0 Å². The van der Waals surface area contributed by atoms with Crippen molar-refractivity contribution in [2.45, 2.75) is 32.2 Å². The molecule has 0 unspecified atom stereocenters. The second-order valence-corrected chi connectivity index (χ2v) is 7.25. The summed E-state index contributed by atoms with van der Waals surface area (Å²) in [5.41, 5.74) is 0. The lowest BCUT2D eigenvalue weighted by molar-refractivity contribution is 0.138. The van der Waals surface area contributed by atoms with E-state index in [2.05, 4.69) is 4.72 Å². The zero-order valence-electron chi connectivity index (χ0n) is 12.7. The summed E-state index contributed by atoms with van der Waals surface area (Å²) in [5, 5.41) is 0. The highest BCUT2D eigenvalue weighted by Crippen LogP contribution is 2.15. The molecular formula is C15H22N2O4S. The third-order valence-electron chi connectivity index (χ3n) is 3.52. The highest BCUT2D eigenvalue weighted by Gasteiger charge is 2.26. The molecule has 1 saturated heterocycles. The van der Waals surface area contributed by atoms with Crippen LogP contribution in [0.1, 0.15) is 26.2 Å². The van der Waals surface area contributed by atoms with E-state index in [1.54, 1.807) is 29.2 Å². The van der Waals surface area contributed by atoms with Gasteiger partial charge in [-0.2, -0.15) is 0 Å². The fourth-order valence-corrected chi connectivity index (χ4v) is 3.81. The van der Waals surface area contributed by atoms with Gasteiger partial charge in [0.25, 0.3) is 0 Å². The van der Waals surface area contributed by atoms with Crippen LogP contribution in [0.4, 0.5) is 4.79 Å². The number of amides is 1. The van der Waals surface area contributed by atoms with Crippen molar-refractivity contribution in [3.8, 4) is 5.75 Å². The Hall–Kier alpha value is -1.60. The van der Waals surface area contributed by atoms with Crippen LogP contribution in [0, 0.1) is 0 Å². The van der Waals surface area contributed by atoms with Crippen molar-refractivity contribution >= 4 is 16.1 Å². The normalized spacial score (nSPS) is 16.5. The summed E-state index contributed by atoms with van der Waals surface area (Å²) >= 11 is 0.